The minimum Gasteiger partial charge on any atom is -0.444 e. The minimum atomic E-state index is -0.535. The monoisotopic (exact) mass is 516 g/mol. The molecular formula is C31H40N4O3. The molecule has 1 aliphatic rings. The molecule has 2 aromatic carbocycles. The molecule has 3 aromatic rings. The summed E-state index contributed by atoms with van der Waals surface area (Å²) in [5.74, 6) is -0.0986. The lowest BCUT2D eigenvalue weighted by Gasteiger charge is -2.34. The molecule has 0 unspecified atom stereocenters. The van der Waals surface area contributed by atoms with Crippen LogP contribution < -0.4 is 5.32 Å². The van der Waals surface area contributed by atoms with Gasteiger partial charge in [0.2, 0.25) is 0 Å². The molecule has 7 nitrogen and oxygen atoms in total. The zero-order valence-corrected chi connectivity index (χ0v) is 23.9. The van der Waals surface area contributed by atoms with Gasteiger partial charge in [0.1, 0.15) is 5.60 Å². The zero-order valence-electron chi connectivity index (χ0n) is 23.9. The largest absolute Gasteiger partial charge is 0.444 e. The summed E-state index contributed by atoms with van der Waals surface area (Å²) in [5.41, 5.74) is 8.22. The van der Waals surface area contributed by atoms with Crippen LogP contribution in [0.15, 0.2) is 36.5 Å². The third kappa shape index (κ3) is 5.93. The van der Waals surface area contributed by atoms with Crippen LogP contribution in [0.25, 0.3) is 5.69 Å². The van der Waals surface area contributed by atoms with Gasteiger partial charge in [-0.05, 0) is 91.0 Å². The average molecular weight is 517 g/mol. The number of aromatic nitrogens is 2. The molecule has 1 fully saturated rings. The van der Waals surface area contributed by atoms with Crippen molar-refractivity contribution in [2.75, 3.05) is 18.4 Å². The maximum absolute atomic E-state index is 13.7. The van der Waals surface area contributed by atoms with E-state index >= 15 is 0 Å². The van der Waals surface area contributed by atoms with Crippen LogP contribution in [0.4, 0.5) is 10.5 Å². The van der Waals surface area contributed by atoms with Gasteiger partial charge in [-0.1, -0.05) is 35.4 Å². The number of hydrogen-bond donors (Lipinski definition) is 1. The second-order valence-corrected chi connectivity index (χ2v) is 11.6. The number of piperidine rings is 1. The number of ether oxygens (including phenoxy) is 1. The summed E-state index contributed by atoms with van der Waals surface area (Å²) in [6, 6.07) is 10.4. The molecule has 7 heteroatoms. The number of anilines is 1. The maximum Gasteiger partial charge on any atom is 0.410 e. The van der Waals surface area contributed by atoms with Crippen LogP contribution in [-0.2, 0) is 4.74 Å². The van der Waals surface area contributed by atoms with Gasteiger partial charge in [0.25, 0.3) is 5.91 Å². The van der Waals surface area contributed by atoms with Crippen LogP contribution in [0, 0.1) is 34.6 Å². The van der Waals surface area contributed by atoms with E-state index in [2.05, 4.69) is 56.4 Å². The summed E-state index contributed by atoms with van der Waals surface area (Å²) < 4.78 is 7.51. The highest BCUT2D eigenvalue weighted by Crippen LogP contribution is 2.34. The van der Waals surface area contributed by atoms with Gasteiger partial charge >= 0.3 is 6.09 Å². The lowest BCUT2D eigenvalue weighted by atomic mass is 9.90. The number of hydrogen-bond acceptors (Lipinski definition) is 4. The highest BCUT2D eigenvalue weighted by atomic mass is 16.6. The molecule has 0 atom stereocenters. The first kappa shape index (κ1) is 27.4. The Balaban J connectivity index is 1.68. The van der Waals surface area contributed by atoms with Crippen molar-refractivity contribution in [2.45, 2.75) is 79.8 Å². The molecule has 0 radical (unpaired) electrons. The van der Waals surface area contributed by atoms with E-state index in [4.69, 9.17) is 9.84 Å². The molecule has 0 spiro atoms. The fraction of sp³-hybridized carbons (Fsp3) is 0.452. The SMILES string of the molecule is Cc1ccc(-n2ncc(C(=O)Nc3c(C)cc(C)cc3C)c2C2CCN(C(=O)OC(C)(C)C)CC2)c(C)c1. The van der Waals surface area contributed by atoms with Gasteiger partial charge < -0.3 is 15.0 Å². The van der Waals surface area contributed by atoms with Crippen molar-refractivity contribution < 1.29 is 14.3 Å². The highest BCUT2D eigenvalue weighted by Gasteiger charge is 2.32. The maximum atomic E-state index is 13.7. The number of carbonyl (C=O) groups excluding carboxylic acids is 2. The van der Waals surface area contributed by atoms with E-state index in [-0.39, 0.29) is 17.9 Å². The van der Waals surface area contributed by atoms with Gasteiger partial charge in [0.15, 0.2) is 0 Å². The summed E-state index contributed by atoms with van der Waals surface area (Å²) in [6.45, 7) is 17.0. The number of nitrogens with one attached hydrogen (secondary N) is 1. The smallest absolute Gasteiger partial charge is 0.410 e. The number of benzene rings is 2. The number of nitrogens with zero attached hydrogens (tertiary/aromatic N) is 3. The van der Waals surface area contributed by atoms with E-state index in [1.165, 1.54) is 5.56 Å². The van der Waals surface area contributed by atoms with Crippen molar-refractivity contribution in [3.8, 4) is 5.69 Å². The van der Waals surface area contributed by atoms with Gasteiger partial charge in [-0.2, -0.15) is 5.10 Å². The second kappa shape index (κ2) is 10.6. The normalized spacial score (nSPS) is 14.5. The molecule has 0 saturated carbocycles. The Bertz CT molecular complexity index is 1330. The van der Waals surface area contributed by atoms with Crippen molar-refractivity contribution in [1.82, 2.24) is 14.7 Å². The number of rotatable bonds is 4. The Kier molecular flexibility index (Phi) is 7.68. The highest BCUT2D eigenvalue weighted by molar-refractivity contribution is 6.06. The summed E-state index contributed by atoms with van der Waals surface area (Å²) in [5, 5.41) is 7.89. The average Bonchev–Trinajstić information content (AvgIpc) is 3.25. The topological polar surface area (TPSA) is 76.5 Å². The Morgan fingerprint density at radius 3 is 2.11 bits per heavy atom. The summed E-state index contributed by atoms with van der Waals surface area (Å²) >= 11 is 0. The van der Waals surface area contributed by atoms with E-state index in [0.717, 1.165) is 52.2 Å². The molecule has 38 heavy (non-hydrogen) atoms. The predicted molar refractivity (Wildman–Crippen MR) is 151 cm³/mol. The number of likely N-dealkylation sites (tertiary alicyclic amines) is 1. The molecular weight excluding hydrogens is 476 g/mol. The van der Waals surface area contributed by atoms with E-state index in [1.807, 2.05) is 39.3 Å². The van der Waals surface area contributed by atoms with E-state index in [1.54, 1.807) is 11.1 Å². The third-order valence-corrected chi connectivity index (χ3v) is 7.08. The van der Waals surface area contributed by atoms with Gasteiger partial charge in [-0.3, -0.25) is 4.79 Å². The number of amides is 2. The van der Waals surface area contributed by atoms with Crippen molar-refractivity contribution in [3.63, 3.8) is 0 Å². The van der Waals surface area contributed by atoms with Crippen molar-refractivity contribution in [3.05, 3.63) is 75.6 Å². The van der Waals surface area contributed by atoms with Crippen LogP contribution in [0.3, 0.4) is 0 Å². The Morgan fingerprint density at radius 2 is 1.53 bits per heavy atom. The molecule has 1 aromatic heterocycles. The number of aryl methyl sites for hydroxylation is 5. The van der Waals surface area contributed by atoms with Gasteiger partial charge in [-0.15, -0.1) is 0 Å². The van der Waals surface area contributed by atoms with Crippen LogP contribution in [-0.4, -0.2) is 45.4 Å². The first-order valence-electron chi connectivity index (χ1n) is 13.4. The summed E-state index contributed by atoms with van der Waals surface area (Å²) in [7, 11) is 0. The molecule has 1 aliphatic heterocycles. The minimum absolute atomic E-state index is 0.0675. The molecule has 2 heterocycles. The Hall–Kier alpha value is -3.61. The van der Waals surface area contributed by atoms with Crippen molar-refractivity contribution >= 4 is 17.7 Å². The molecule has 202 valence electrons. The van der Waals surface area contributed by atoms with Crippen LogP contribution in [0.5, 0.6) is 0 Å². The van der Waals surface area contributed by atoms with E-state index < -0.39 is 5.60 Å². The standard InChI is InChI=1S/C31H40N4O3/c1-19-9-10-26(21(3)15-19)35-28(24-11-13-34(14-12-24)30(37)38-31(6,7)8)25(18-32-35)29(36)33-27-22(4)16-20(2)17-23(27)5/h9-10,15-18,24H,11-14H2,1-8H3,(H,33,36). The van der Waals surface area contributed by atoms with Gasteiger partial charge in [-0.25, -0.2) is 9.48 Å². The molecule has 0 bridgehead atoms. The van der Waals surface area contributed by atoms with Gasteiger partial charge in [0, 0.05) is 24.7 Å². The molecule has 0 aliphatic carbocycles. The Labute approximate surface area is 226 Å². The summed E-state index contributed by atoms with van der Waals surface area (Å²) in [4.78, 5) is 28.2. The summed E-state index contributed by atoms with van der Waals surface area (Å²) in [6.07, 6.45) is 2.84. The van der Waals surface area contributed by atoms with Crippen molar-refractivity contribution in [1.29, 1.82) is 0 Å². The first-order valence-corrected chi connectivity index (χ1v) is 13.4. The van der Waals surface area contributed by atoms with Crippen LogP contribution in [0.2, 0.25) is 0 Å². The number of carbonyl (C=O) groups is 2. The lowest BCUT2D eigenvalue weighted by Crippen LogP contribution is -2.41. The third-order valence-electron chi connectivity index (χ3n) is 7.08. The zero-order chi connectivity index (χ0) is 27.8. The lowest BCUT2D eigenvalue weighted by molar-refractivity contribution is 0.0203. The molecule has 2 amide bonds. The van der Waals surface area contributed by atoms with Crippen LogP contribution >= 0.6 is 0 Å². The second-order valence-electron chi connectivity index (χ2n) is 11.6. The molecule has 1 N–H and O–H groups in total. The fourth-order valence-electron chi connectivity index (χ4n) is 5.38. The predicted octanol–water partition coefficient (Wildman–Crippen LogP) is 6.78. The molecule has 1 saturated heterocycles. The van der Waals surface area contributed by atoms with Crippen molar-refractivity contribution in [2.24, 2.45) is 0 Å². The fourth-order valence-corrected chi connectivity index (χ4v) is 5.38. The molecule has 4 rings (SSSR count). The first-order chi connectivity index (χ1) is 17.8. The van der Waals surface area contributed by atoms with Crippen LogP contribution in [0.1, 0.15) is 83.4 Å². The quantitative estimate of drug-likeness (QED) is 0.415. The van der Waals surface area contributed by atoms with Gasteiger partial charge in [0.05, 0.1) is 23.1 Å². The van der Waals surface area contributed by atoms with E-state index in [0.29, 0.717) is 18.7 Å². The van der Waals surface area contributed by atoms with E-state index in [9.17, 15) is 9.59 Å². The Morgan fingerprint density at radius 1 is 0.921 bits per heavy atom.